The first-order chi connectivity index (χ1) is 12.1. The fourth-order valence-corrected chi connectivity index (χ4v) is 3.97. The van der Waals surface area contributed by atoms with Crippen LogP contribution < -0.4 is 10.4 Å². The standard InChI is InChI=1S/C20H24BNO4/c1-12-11-22(18(23)24)16-10-9-13-14(17(12)16)7-6-8-15(13)21-25-19(2,3)20(4,5)26-21/h6-10,12H,11H2,1-5H3,(H,23,24). The molecule has 1 unspecified atom stereocenters. The van der Waals surface area contributed by atoms with Gasteiger partial charge in [-0.25, -0.2) is 4.79 Å². The van der Waals surface area contributed by atoms with E-state index in [-0.39, 0.29) is 5.92 Å². The van der Waals surface area contributed by atoms with Crippen molar-refractivity contribution < 1.29 is 19.2 Å². The fraction of sp³-hybridized carbons (Fsp3) is 0.450. The molecule has 26 heavy (non-hydrogen) atoms. The Morgan fingerprint density at radius 1 is 1.12 bits per heavy atom. The van der Waals surface area contributed by atoms with Crippen molar-refractivity contribution >= 4 is 35.1 Å². The molecule has 136 valence electrons. The van der Waals surface area contributed by atoms with Crippen LogP contribution in [-0.4, -0.2) is 36.1 Å². The number of anilines is 1. The highest BCUT2D eigenvalue weighted by molar-refractivity contribution is 6.65. The molecule has 0 radical (unpaired) electrons. The predicted molar refractivity (Wildman–Crippen MR) is 103 cm³/mol. The Kier molecular flexibility index (Phi) is 3.66. The summed E-state index contributed by atoms with van der Waals surface area (Å²) in [6.07, 6.45) is -0.905. The van der Waals surface area contributed by atoms with E-state index in [1.165, 1.54) is 4.90 Å². The lowest BCUT2D eigenvalue weighted by Crippen LogP contribution is -2.41. The van der Waals surface area contributed by atoms with E-state index in [1.807, 2.05) is 52.0 Å². The minimum atomic E-state index is -0.905. The van der Waals surface area contributed by atoms with Crippen molar-refractivity contribution in [2.24, 2.45) is 0 Å². The Hall–Kier alpha value is -2.05. The summed E-state index contributed by atoms with van der Waals surface area (Å²) in [5.41, 5.74) is 2.06. The molecule has 0 aliphatic carbocycles. The number of nitrogens with zero attached hydrogens (tertiary/aromatic N) is 1. The molecule has 2 heterocycles. The summed E-state index contributed by atoms with van der Waals surface area (Å²) in [6.45, 7) is 10.7. The number of carboxylic acid groups (broad SMARTS) is 1. The minimum Gasteiger partial charge on any atom is -0.465 e. The maximum absolute atomic E-state index is 11.6. The van der Waals surface area contributed by atoms with Crippen LogP contribution in [0.25, 0.3) is 10.8 Å². The molecule has 1 amide bonds. The molecule has 2 aliphatic heterocycles. The Morgan fingerprint density at radius 2 is 1.77 bits per heavy atom. The van der Waals surface area contributed by atoms with Gasteiger partial charge in [0.05, 0.1) is 16.9 Å². The molecule has 6 heteroatoms. The SMILES string of the molecule is CC1CN(C(=O)O)c2ccc3c(B4OC(C)(C)C(C)(C)O4)cccc3c21. The number of hydrogen-bond acceptors (Lipinski definition) is 3. The van der Waals surface area contributed by atoms with E-state index in [0.717, 1.165) is 27.5 Å². The number of carbonyl (C=O) groups is 1. The zero-order chi connectivity index (χ0) is 18.9. The highest BCUT2D eigenvalue weighted by atomic mass is 16.7. The highest BCUT2D eigenvalue weighted by Gasteiger charge is 2.52. The largest absolute Gasteiger partial charge is 0.495 e. The quantitative estimate of drug-likeness (QED) is 0.794. The van der Waals surface area contributed by atoms with Gasteiger partial charge in [0.25, 0.3) is 0 Å². The summed E-state index contributed by atoms with van der Waals surface area (Å²) in [6, 6.07) is 9.99. The highest BCUT2D eigenvalue weighted by Crippen LogP contribution is 2.42. The first-order valence-corrected chi connectivity index (χ1v) is 9.04. The summed E-state index contributed by atoms with van der Waals surface area (Å²) in [5.74, 6) is 0.151. The van der Waals surface area contributed by atoms with Crippen molar-refractivity contribution in [3.05, 3.63) is 35.9 Å². The number of benzene rings is 2. The molecule has 0 aromatic heterocycles. The van der Waals surface area contributed by atoms with Gasteiger partial charge in [-0.3, -0.25) is 4.90 Å². The van der Waals surface area contributed by atoms with Crippen molar-refractivity contribution in [1.82, 2.24) is 0 Å². The first-order valence-electron chi connectivity index (χ1n) is 9.04. The van der Waals surface area contributed by atoms with E-state index in [4.69, 9.17) is 9.31 Å². The van der Waals surface area contributed by atoms with Crippen molar-refractivity contribution in [3.8, 4) is 0 Å². The van der Waals surface area contributed by atoms with Gasteiger partial charge < -0.3 is 14.4 Å². The zero-order valence-electron chi connectivity index (χ0n) is 15.9. The van der Waals surface area contributed by atoms with Gasteiger partial charge in [-0.1, -0.05) is 31.2 Å². The lowest BCUT2D eigenvalue weighted by Gasteiger charge is -2.32. The lowest BCUT2D eigenvalue weighted by atomic mass is 9.75. The summed E-state index contributed by atoms with van der Waals surface area (Å²) in [7, 11) is -0.436. The van der Waals surface area contributed by atoms with E-state index in [0.29, 0.717) is 6.54 Å². The van der Waals surface area contributed by atoms with Crippen molar-refractivity contribution in [3.63, 3.8) is 0 Å². The van der Waals surface area contributed by atoms with Gasteiger partial charge in [0, 0.05) is 12.5 Å². The number of rotatable bonds is 1. The van der Waals surface area contributed by atoms with E-state index in [9.17, 15) is 9.90 Å². The molecule has 0 spiro atoms. The summed E-state index contributed by atoms with van der Waals surface area (Å²) >= 11 is 0. The zero-order valence-corrected chi connectivity index (χ0v) is 15.9. The molecule has 1 N–H and O–H groups in total. The smallest absolute Gasteiger partial charge is 0.465 e. The van der Waals surface area contributed by atoms with Gasteiger partial charge in [0.15, 0.2) is 0 Å². The van der Waals surface area contributed by atoms with Crippen molar-refractivity contribution in [1.29, 1.82) is 0 Å². The molecule has 0 saturated carbocycles. The topological polar surface area (TPSA) is 59.0 Å². The lowest BCUT2D eigenvalue weighted by molar-refractivity contribution is 0.00578. The average Bonchev–Trinajstić information content (AvgIpc) is 3.00. The van der Waals surface area contributed by atoms with Gasteiger partial charge >= 0.3 is 13.2 Å². The van der Waals surface area contributed by atoms with E-state index < -0.39 is 24.4 Å². The number of fused-ring (bicyclic) bond motifs is 3. The van der Waals surface area contributed by atoms with Crippen LogP contribution in [0.5, 0.6) is 0 Å². The molecule has 2 aromatic rings. The second kappa shape index (κ2) is 5.48. The summed E-state index contributed by atoms with van der Waals surface area (Å²) in [4.78, 5) is 13.0. The molecule has 4 rings (SSSR count). The third-order valence-electron chi connectivity index (χ3n) is 6.09. The Morgan fingerprint density at radius 3 is 2.38 bits per heavy atom. The first kappa shape index (κ1) is 17.4. The van der Waals surface area contributed by atoms with Crippen LogP contribution in [0.3, 0.4) is 0 Å². The molecule has 2 aromatic carbocycles. The van der Waals surface area contributed by atoms with Crippen LogP contribution in [0.1, 0.15) is 46.1 Å². The summed E-state index contributed by atoms with van der Waals surface area (Å²) in [5, 5.41) is 11.6. The van der Waals surface area contributed by atoms with Crippen LogP contribution in [0.15, 0.2) is 30.3 Å². The van der Waals surface area contributed by atoms with Gasteiger partial charge in [0.2, 0.25) is 0 Å². The minimum absolute atomic E-state index is 0.151. The molecule has 5 nitrogen and oxygen atoms in total. The molecule has 1 fully saturated rings. The third kappa shape index (κ3) is 2.36. The van der Waals surface area contributed by atoms with Crippen molar-refractivity contribution in [2.75, 3.05) is 11.4 Å². The van der Waals surface area contributed by atoms with Gasteiger partial charge in [0.1, 0.15) is 0 Å². The number of hydrogen-bond donors (Lipinski definition) is 1. The van der Waals surface area contributed by atoms with Crippen molar-refractivity contribution in [2.45, 2.75) is 51.7 Å². The molecule has 1 atom stereocenters. The van der Waals surface area contributed by atoms with Gasteiger partial charge in [-0.05, 0) is 55.6 Å². The third-order valence-corrected chi connectivity index (χ3v) is 6.09. The van der Waals surface area contributed by atoms with E-state index in [2.05, 4.69) is 13.0 Å². The maximum atomic E-state index is 11.6. The van der Waals surface area contributed by atoms with Gasteiger partial charge in [-0.2, -0.15) is 0 Å². The molecule has 2 aliphatic rings. The Balaban J connectivity index is 1.86. The Labute approximate surface area is 154 Å². The van der Waals surface area contributed by atoms with Crippen LogP contribution in [0, 0.1) is 0 Å². The molecule has 0 bridgehead atoms. The Bertz CT molecular complexity index is 892. The monoisotopic (exact) mass is 353 g/mol. The molecule has 1 saturated heterocycles. The molecular formula is C20H24BNO4. The normalized spacial score (nSPS) is 23.5. The second-order valence-electron chi connectivity index (χ2n) is 8.32. The van der Waals surface area contributed by atoms with E-state index >= 15 is 0 Å². The van der Waals surface area contributed by atoms with Crippen LogP contribution in [0.4, 0.5) is 10.5 Å². The second-order valence-corrected chi connectivity index (χ2v) is 8.32. The molecular weight excluding hydrogens is 329 g/mol. The van der Waals surface area contributed by atoms with E-state index in [1.54, 1.807) is 0 Å². The number of amides is 1. The fourth-order valence-electron chi connectivity index (χ4n) is 3.97. The summed E-state index contributed by atoms with van der Waals surface area (Å²) < 4.78 is 12.5. The van der Waals surface area contributed by atoms with Crippen LogP contribution in [0.2, 0.25) is 0 Å². The van der Waals surface area contributed by atoms with Crippen LogP contribution >= 0.6 is 0 Å². The predicted octanol–water partition coefficient (Wildman–Crippen LogP) is 3.74. The van der Waals surface area contributed by atoms with Crippen LogP contribution in [-0.2, 0) is 9.31 Å². The maximum Gasteiger partial charge on any atom is 0.495 e. The average molecular weight is 353 g/mol. The van der Waals surface area contributed by atoms with Gasteiger partial charge in [-0.15, -0.1) is 0 Å².